The fraction of sp³-hybridized carbons (Fsp3) is 0.421. The van der Waals surface area contributed by atoms with Gasteiger partial charge < -0.3 is 15.1 Å². The summed E-state index contributed by atoms with van der Waals surface area (Å²) in [6.07, 6.45) is 3.60. The molecule has 6 heteroatoms. The Morgan fingerprint density at radius 3 is 2.88 bits per heavy atom. The van der Waals surface area contributed by atoms with Crippen LogP contribution >= 0.6 is 0 Å². The van der Waals surface area contributed by atoms with Crippen molar-refractivity contribution >= 4 is 17.5 Å². The zero-order valence-electron chi connectivity index (χ0n) is 14.9. The van der Waals surface area contributed by atoms with Gasteiger partial charge in [-0.1, -0.05) is 18.2 Å². The molecular formula is C19H25N5O. The summed E-state index contributed by atoms with van der Waals surface area (Å²) in [7, 11) is 2.01. The molecule has 1 aliphatic rings. The second-order valence-electron chi connectivity index (χ2n) is 6.38. The predicted octanol–water partition coefficient (Wildman–Crippen LogP) is 2.65. The van der Waals surface area contributed by atoms with Crippen molar-refractivity contribution in [2.45, 2.75) is 25.8 Å². The second-order valence-corrected chi connectivity index (χ2v) is 6.38. The molecule has 0 radical (unpaired) electrons. The van der Waals surface area contributed by atoms with Crippen LogP contribution in [0.25, 0.3) is 0 Å². The average molecular weight is 339 g/mol. The molecule has 2 heterocycles. The monoisotopic (exact) mass is 339 g/mol. The summed E-state index contributed by atoms with van der Waals surface area (Å²) in [6, 6.07) is 11.6. The van der Waals surface area contributed by atoms with Crippen molar-refractivity contribution in [3.05, 3.63) is 48.3 Å². The van der Waals surface area contributed by atoms with E-state index in [0.29, 0.717) is 6.54 Å². The maximum Gasteiger partial charge on any atom is 0.253 e. The highest BCUT2D eigenvalue weighted by molar-refractivity contribution is 5.94. The number of rotatable bonds is 5. The number of likely N-dealkylation sites (tertiary alicyclic amines) is 1. The van der Waals surface area contributed by atoms with Gasteiger partial charge in [-0.2, -0.15) is 0 Å². The number of nitrogens with one attached hydrogen (secondary N) is 1. The molecule has 3 rings (SSSR count). The van der Waals surface area contributed by atoms with Crippen LogP contribution in [0.15, 0.2) is 42.7 Å². The quantitative estimate of drug-likeness (QED) is 0.907. The first-order valence-corrected chi connectivity index (χ1v) is 8.81. The number of hydrogen-bond acceptors (Lipinski definition) is 5. The Bertz CT molecular complexity index is 706. The summed E-state index contributed by atoms with van der Waals surface area (Å²) in [5, 5.41) is 3.46. The molecule has 0 bridgehead atoms. The SMILES string of the molecule is CCN(C)c1cc(NC2CCCN(C(=O)c3ccccc3)C2)ncn1. The Kier molecular flexibility index (Phi) is 5.48. The molecule has 2 aromatic rings. The van der Waals surface area contributed by atoms with Crippen molar-refractivity contribution in [2.75, 3.05) is 36.9 Å². The molecule has 1 atom stereocenters. The molecule has 6 nitrogen and oxygen atoms in total. The van der Waals surface area contributed by atoms with Crippen LogP contribution in [0.1, 0.15) is 30.1 Å². The first kappa shape index (κ1) is 17.2. The van der Waals surface area contributed by atoms with Crippen LogP contribution in [0.2, 0.25) is 0 Å². The fourth-order valence-corrected chi connectivity index (χ4v) is 3.05. The van der Waals surface area contributed by atoms with Crippen molar-refractivity contribution < 1.29 is 4.79 Å². The van der Waals surface area contributed by atoms with E-state index in [4.69, 9.17) is 0 Å². The molecule has 1 unspecified atom stereocenters. The first-order chi connectivity index (χ1) is 12.2. The van der Waals surface area contributed by atoms with Gasteiger partial charge in [0.1, 0.15) is 18.0 Å². The Balaban J connectivity index is 1.65. The van der Waals surface area contributed by atoms with Gasteiger partial charge in [-0.25, -0.2) is 9.97 Å². The maximum atomic E-state index is 12.6. The van der Waals surface area contributed by atoms with Gasteiger partial charge in [0.15, 0.2) is 0 Å². The van der Waals surface area contributed by atoms with Gasteiger partial charge in [0, 0.05) is 44.4 Å². The van der Waals surface area contributed by atoms with Crippen LogP contribution in [-0.2, 0) is 0 Å². The molecule has 0 saturated carbocycles. The topological polar surface area (TPSA) is 61.4 Å². The maximum absolute atomic E-state index is 12.6. The number of aromatic nitrogens is 2. The van der Waals surface area contributed by atoms with Crippen molar-refractivity contribution in [3.8, 4) is 0 Å². The van der Waals surface area contributed by atoms with Gasteiger partial charge in [-0.3, -0.25) is 4.79 Å². The molecule has 1 aromatic carbocycles. The lowest BCUT2D eigenvalue weighted by atomic mass is 10.0. The smallest absolute Gasteiger partial charge is 0.253 e. The molecular weight excluding hydrogens is 314 g/mol. The third-order valence-corrected chi connectivity index (χ3v) is 4.60. The minimum Gasteiger partial charge on any atom is -0.365 e. The summed E-state index contributed by atoms with van der Waals surface area (Å²) in [6.45, 7) is 4.47. The zero-order valence-corrected chi connectivity index (χ0v) is 14.9. The van der Waals surface area contributed by atoms with Gasteiger partial charge >= 0.3 is 0 Å². The molecule has 1 N–H and O–H groups in total. The van der Waals surface area contributed by atoms with Crippen LogP contribution < -0.4 is 10.2 Å². The van der Waals surface area contributed by atoms with Crippen LogP contribution in [0, 0.1) is 0 Å². The molecule has 1 saturated heterocycles. The number of piperidine rings is 1. The summed E-state index contributed by atoms with van der Waals surface area (Å²) in [5.74, 6) is 1.80. The molecule has 1 amide bonds. The van der Waals surface area contributed by atoms with Crippen LogP contribution in [0.5, 0.6) is 0 Å². The second kappa shape index (κ2) is 7.96. The molecule has 25 heavy (non-hydrogen) atoms. The largest absolute Gasteiger partial charge is 0.365 e. The lowest BCUT2D eigenvalue weighted by Gasteiger charge is -2.33. The summed E-state index contributed by atoms with van der Waals surface area (Å²) in [4.78, 5) is 25.3. The lowest BCUT2D eigenvalue weighted by Crippen LogP contribution is -2.45. The van der Waals surface area contributed by atoms with Crippen molar-refractivity contribution in [3.63, 3.8) is 0 Å². The summed E-state index contributed by atoms with van der Waals surface area (Å²) in [5.41, 5.74) is 0.747. The van der Waals surface area contributed by atoms with Gasteiger partial charge in [-0.15, -0.1) is 0 Å². The van der Waals surface area contributed by atoms with E-state index in [-0.39, 0.29) is 11.9 Å². The van der Waals surface area contributed by atoms with E-state index in [1.165, 1.54) is 0 Å². The molecule has 132 valence electrons. The number of anilines is 2. The van der Waals surface area contributed by atoms with E-state index in [0.717, 1.165) is 43.1 Å². The zero-order chi connectivity index (χ0) is 17.6. The third kappa shape index (κ3) is 4.26. The van der Waals surface area contributed by atoms with E-state index in [1.54, 1.807) is 6.33 Å². The average Bonchev–Trinajstić information content (AvgIpc) is 2.68. The molecule has 1 fully saturated rings. The van der Waals surface area contributed by atoms with Gasteiger partial charge in [0.25, 0.3) is 5.91 Å². The molecule has 0 spiro atoms. The Hall–Kier alpha value is -2.63. The van der Waals surface area contributed by atoms with Crippen LogP contribution in [-0.4, -0.2) is 53.5 Å². The van der Waals surface area contributed by atoms with Crippen molar-refractivity contribution in [1.82, 2.24) is 14.9 Å². The normalized spacial score (nSPS) is 17.2. The fourth-order valence-electron chi connectivity index (χ4n) is 3.05. The third-order valence-electron chi connectivity index (χ3n) is 4.60. The predicted molar refractivity (Wildman–Crippen MR) is 100.0 cm³/mol. The Morgan fingerprint density at radius 2 is 2.12 bits per heavy atom. The highest BCUT2D eigenvalue weighted by Crippen LogP contribution is 2.19. The van der Waals surface area contributed by atoms with E-state index in [1.807, 2.05) is 48.3 Å². The van der Waals surface area contributed by atoms with E-state index in [2.05, 4.69) is 27.1 Å². The number of amides is 1. The van der Waals surface area contributed by atoms with Crippen molar-refractivity contribution in [1.29, 1.82) is 0 Å². The first-order valence-electron chi connectivity index (χ1n) is 8.81. The summed E-state index contributed by atoms with van der Waals surface area (Å²) >= 11 is 0. The Morgan fingerprint density at radius 1 is 1.32 bits per heavy atom. The van der Waals surface area contributed by atoms with Crippen LogP contribution in [0.3, 0.4) is 0 Å². The number of carbonyl (C=O) groups excluding carboxylic acids is 1. The van der Waals surface area contributed by atoms with Gasteiger partial charge in [0.2, 0.25) is 0 Å². The number of hydrogen-bond donors (Lipinski definition) is 1. The molecule has 1 aliphatic heterocycles. The van der Waals surface area contributed by atoms with Crippen LogP contribution in [0.4, 0.5) is 11.6 Å². The Labute approximate surface area is 148 Å². The van der Waals surface area contributed by atoms with Gasteiger partial charge in [0.05, 0.1) is 0 Å². The summed E-state index contributed by atoms with van der Waals surface area (Å²) < 4.78 is 0. The van der Waals surface area contributed by atoms with E-state index in [9.17, 15) is 4.79 Å². The molecule has 1 aromatic heterocycles. The van der Waals surface area contributed by atoms with Crippen molar-refractivity contribution in [2.24, 2.45) is 0 Å². The highest BCUT2D eigenvalue weighted by Gasteiger charge is 2.24. The number of nitrogens with zero attached hydrogens (tertiary/aromatic N) is 4. The number of carbonyl (C=O) groups is 1. The van der Waals surface area contributed by atoms with E-state index >= 15 is 0 Å². The molecule has 0 aliphatic carbocycles. The van der Waals surface area contributed by atoms with E-state index < -0.39 is 0 Å². The number of benzene rings is 1. The standard InChI is InChI=1S/C19H25N5O/c1-3-23(2)18-12-17(20-14-21-18)22-16-10-7-11-24(13-16)19(25)15-8-5-4-6-9-15/h4-6,8-9,12,14,16H,3,7,10-11,13H2,1-2H3,(H,20,21,22). The highest BCUT2D eigenvalue weighted by atomic mass is 16.2. The van der Waals surface area contributed by atoms with Gasteiger partial charge in [-0.05, 0) is 31.9 Å². The minimum absolute atomic E-state index is 0.0983. The lowest BCUT2D eigenvalue weighted by molar-refractivity contribution is 0.0714. The minimum atomic E-state index is 0.0983.